The normalized spacial score (nSPS) is 10.6. The van der Waals surface area contributed by atoms with Crippen molar-refractivity contribution in [3.63, 3.8) is 0 Å². The lowest BCUT2D eigenvalue weighted by Gasteiger charge is -2.17. The van der Waals surface area contributed by atoms with Gasteiger partial charge >= 0.3 is 0 Å². The highest BCUT2D eigenvalue weighted by Crippen LogP contribution is 2.25. The molecule has 4 nitrogen and oxygen atoms in total. The average molecular weight is 264 g/mol. The van der Waals surface area contributed by atoms with E-state index in [-0.39, 0.29) is 12.5 Å². The van der Waals surface area contributed by atoms with E-state index in [1.54, 1.807) is 11.9 Å². The topological polar surface area (TPSA) is 59.2 Å². The highest BCUT2D eigenvalue weighted by molar-refractivity contribution is 6.32. The van der Waals surface area contributed by atoms with Gasteiger partial charge in [-0.2, -0.15) is 0 Å². The molecule has 0 aliphatic carbocycles. The maximum Gasteiger partial charge on any atom is 0.236 e. The van der Waals surface area contributed by atoms with Crippen molar-refractivity contribution in [3.05, 3.63) is 34.9 Å². The molecule has 1 aromatic carbocycles. The van der Waals surface area contributed by atoms with Crippen molar-refractivity contribution in [1.29, 1.82) is 0 Å². The molecular weight excluding hydrogens is 250 g/mol. The Morgan fingerprint density at radius 3 is 2.72 bits per heavy atom. The molecule has 2 rings (SSSR count). The van der Waals surface area contributed by atoms with E-state index in [2.05, 4.69) is 4.98 Å². The fourth-order valence-electron chi connectivity index (χ4n) is 1.82. The number of hydrogen-bond donors (Lipinski definition) is 1. The molecule has 0 spiro atoms. The number of halogens is 1. The van der Waals surface area contributed by atoms with E-state index in [0.717, 1.165) is 16.5 Å². The summed E-state index contributed by atoms with van der Waals surface area (Å²) in [5, 5.41) is 1.71. The Morgan fingerprint density at radius 2 is 2.06 bits per heavy atom. The third-order valence-electron chi connectivity index (χ3n) is 2.82. The summed E-state index contributed by atoms with van der Waals surface area (Å²) in [4.78, 5) is 17.1. The number of pyridine rings is 1. The van der Waals surface area contributed by atoms with Gasteiger partial charge in [-0.1, -0.05) is 17.7 Å². The number of likely N-dealkylation sites (N-methyl/N-ethyl adjacent to an activating group) is 1. The highest BCUT2D eigenvalue weighted by atomic mass is 35.5. The molecule has 1 aromatic heterocycles. The fraction of sp³-hybridized carbons (Fsp3) is 0.231. The Balaban J connectivity index is 2.49. The summed E-state index contributed by atoms with van der Waals surface area (Å²) in [6.07, 6.45) is 0. The van der Waals surface area contributed by atoms with E-state index in [4.69, 9.17) is 17.3 Å². The lowest BCUT2D eigenvalue weighted by Crippen LogP contribution is -2.31. The second-order valence-electron chi connectivity index (χ2n) is 4.24. The average Bonchev–Trinajstić information content (AvgIpc) is 2.33. The Bertz CT molecular complexity index is 612. The van der Waals surface area contributed by atoms with Gasteiger partial charge in [0.15, 0.2) is 0 Å². The van der Waals surface area contributed by atoms with Gasteiger partial charge in [-0.15, -0.1) is 0 Å². The summed E-state index contributed by atoms with van der Waals surface area (Å²) in [7, 11) is 1.78. The number of carbonyl (C=O) groups is 1. The molecule has 1 heterocycles. The van der Waals surface area contributed by atoms with Crippen LogP contribution in [-0.2, 0) is 4.79 Å². The third kappa shape index (κ3) is 2.38. The van der Waals surface area contributed by atoms with E-state index in [9.17, 15) is 4.79 Å². The van der Waals surface area contributed by atoms with Gasteiger partial charge in [-0.25, -0.2) is 4.98 Å². The number of nitrogens with two attached hydrogens (primary N) is 1. The minimum Gasteiger partial charge on any atom is -0.368 e. The molecule has 5 heteroatoms. The molecular formula is C13H14ClN3O. The van der Waals surface area contributed by atoms with Gasteiger partial charge in [-0.3, -0.25) is 4.79 Å². The van der Waals surface area contributed by atoms with Gasteiger partial charge in [0.1, 0.15) is 5.82 Å². The molecule has 0 radical (unpaired) electrons. The smallest absolute Gasteiger partial charge is 0.236 e. The number of nitrogens with zero attached hydrogens (tertiary/aromatic N) is 2. The van der Waals surface area contributed by atoms with Gasteiger partial charge in [0.05, 0.1) is 12.1 Å². The van der Waals surface area contributed by atoms with Crippen LogP contribution in [0.15, 0.2) is 24.3 Å². The molecule has 0 aliphatic rings. The van der Waals surface area contributed by atoms with E-state index >= 15 is 0 Å². The van der Waals surface area contributed by atoms with Crippen LogP contribution >= 0.6 is 11.6 Å². The number of aromatic nitrogens is 1. The second kappa shape index (κ2) is 4.82. The van der Waals surface area contributed by atoms with Crippen molar-refractivity contribution in [3.8, 4) is 0 Å². The van der Waals surface area contributed by atoms with Gasteiger partial charge in [0.2, 0.25) is 5.91 Å². The van der Waals surface area contributed by atoms with Crippen molar-refractivity contribution in [2.45, 2.75) is 6.92 Å². The zero-order valence-corrected chi connectivity index (χ0v) is 11.0. The predicted molar refractivity (Wildman–Crippen MR) is 74.0 cm³/mol. The first kappa shape index (κ1) is 12.6. The zero-order chi connectivity index (χ0) is 13.3. The Morgan fingerprint density at radius 1 is 1.39 bits per heavy atom. The summed E-state index contributed by atoms with van der Waals surface area (Å²) >= 11 is 6.08. The fourth-order valence-corrected chi connectivity index (χ4v) is 1.98. The van der Waals surface area contributed by atoms with E-state index < -0.39 is 0 Å². The number of primary amides is 1. The first-order chi connectivity index (χ1) is 8.49. The third-order valence-corrected chi connectivity index (χ3v) is 3.23. The Kier molecular flexibility index (Phi) is 3.39. The lowest BCUT2D eigenvalue weighted by atomic mass is 10.1. The minimum absolute atomic E-state index is 0.137. The maximum atomic E-state index is 10.9. The van der Waals surface area contributed by atoms with Crippen LogP contribution in [0.3, 0.4) is 0 Å². The molecule has 0 fully saturated rings. The van der Waals surface area contributed by atoms with E-state index in [0.29, 0.717) is 10.8 Å². The van der Waals surface area contributed by atoms with Gasteiger partial charge in [0, 0.05) is 17.5 Å². The van der Waals surface area contributed by atoms with Crippen LogP contribution in [0.5, 0.6) is 0 Å². The molecule has 0 atom stereocenters. The first-order valence-electron chi connectivity index (χ1n) is 5.54. The summed E-state index contributed by atoms with van der Waals surface area (Å²) < 4.78 is 0. The lowest BCUT2D eigenvalue weighted by molar-refractivity contribution is -0.116. The number of benzene rings is 1. The van der Waals surface area contributed by atoms with Crippen molar-refractivity contribution in [2.75, 3.05) is 18.5 Å². The van der Waals surface area contributed by atoms with Crippen LogP contribution in [0.1, 0.15) is 5.56 Å². The van der Waals surface area contributed by atoms with E-state index in [1.165, 1.54) is 0 Å². The minimum atomic E-state index is -0.387. The summed E-state index contributed by atoms with van der Waals surface area (Å²) in [6, 6.07) is 7.60. The molecule has 0 aliphatic heterocycles. The maximum absolute atomic E-state index is 10.9. The zero-order valence-electron chi connectivity index (χ0n) is 10.3. The SMILES string of the molecule is Cc1c(Cl)ccc2ccc(N(C)CC(N)=O)nc12. The van der Waals surface area contributed by atoms with E-state index in [1.807, 2.05) is 31.2 Å². The van der Waals surface area contributed by atoms with Crippen molar-refractivity contribution in [1.82, 2.24) is 4.98 Å². The first-order valence-corrected chi connectivity index (χ1v) is 5.92. The largest absolute Gasteiger partial charge is 0.368 e. The summed E-state index contributed by atoms with van der Waals surface area (Å²) in [5.41, 5.74) is 6.95. The standard InChI is InChI=1S/C13H14ClN3O/c1-8-10(14)5-3-9-4-6-12(16-13(8)9)17(2)7-11(15)18/h3-6H,7H2,1-2H3,(H2,15,18). The van der Waals surface area contributed by atoms with Gasteiger partial charge < -0.3 is 10.6 Å². The molecule has 18 heavy (non-hydrogen) atoms. The van der Waals surface area contributed by atoms with Crippen LogP contribution in [0, 0.1) is 6.92 Å². The number of hydrogen-bond acceptors (Lipinski definition) is 3. The molecule has 0 saturated carbocycles. The summed E-state index contributed by atoms with van der Waals surface area (Å²) in [5.74, 6) is 0.314. The number of anilines is 1. The van der Waals surface area contributed by atoms with Crippen LogP contribution in [-0.4, -0.2) is 24.5 Å². The molecule has 2 N–H and O–H groups in total. The second-order valence-corrected chi connectivity index (χ2v) is 4.64. The van der Waals surface area contributed by atoms with Crippen molar-refractivity contribution < 1.29 is 4.79 Å². The number of carbonyl (C=O) groups excluding carboxylic acids is 1. The molecule has 2 aromatic rings. The highest BCUT2D eigenvalue weighted by Gasteiger charge is 2.08. The van der Waals surface area contributed by atoms with Gasteiger partial charge in [-0.05, 0) is 30.7 Å². The number of amides is 1. The van der Waals surface area contributed by atoms with Crippen molar-refractivity contribution >= 4 is 34.2 Å². The number of aryl methyl sites for hydroxylation is 1. The number of rotatable bonds is 3. The number of fused-ring (bicyclic) bond motifs is 1. The predicted octanol–water partition coefficient (Wildman–Crippen LogP) is 2.12. The molecule has 0 saturated heterocycles. The van der Waals surface area contributed by atoms with Crippen LogP contribution in [0.4, 0.5) is 5.82 Å². The quantitative estimate of drug-likeness (QED) is 0.923. The Labute approximate surface area is 110 Å². The molecule has 0 unspecified atom stereocenters. The monoisotopic (exact) mass is 263 g/mol. The Hall–Kier alpha value is -1.81. The molecule has 0 bridgehead atoms. The summed E-state index contributed by atoms with van der Waals surface area (Å²) in [6.45, 7) is 2.06. The molecule has 94 valence electrons. The van der Waals surface area contributed by atoms with Crippen LogP contribution < -0.4 is 10.6 Å². The van der Waals surface area contributed by atoms with Crippen LogP contribution in [0.2, 0.25) is 5.02 Å². The van der Waals surface area contributed by atoms with Gasteiger partial charge in [0.25, 0.3) is 0 Å². The van der Waals surface area contributed by atoms with Crippen LogP contribution in [0.25, 0.3) is 10.9 Å². The van der Waals surface area contributed by atoms with Crippen molar-refractivity contribution in [2.24, 2.45) is 5.73 Å². The molecule has 1 amide bonds.